The van der Waals surface area contributed by atoms with Crippen molar-refractivity contribution in [2.45, 2.75) is 19.4 Å². The zero-order valence-electron chi connectivity index (χ0n) is 15.7. The molecule has 2 amide bonds. The zero-order chi connectivity index (χ0) is 19.7. The molecule has 1 fully saturated rings. The van der Waals surface area contributed by atoms with Crippen LogP contribution in [0.4, 0.5) is 4.39 Å². The van der Waals surface area contributed by atoms with Crippen LogP contribution in [0.3, 0.4) is 0 Å². The monoisotopic (exact) mass is 380 g/mol. The van der Waals surface area contributed by atoms with E-state index in [1.165, 1.54) is 17.0 Å². The van der Waals surface area contributed by atoms with Crippen molar-refractivity contribution in [2.24, 2.45) is 0 Å². The summed E-state index contributed by atoms with van der Waals surface area (Å²) in [5, 5.41) is 0. The average molecular weight is 380 g/mol. The predicted octanol–water partition coefficient (Wildman–Crippen LogP) is 3.21. The van der Waals surface area contributed by atoms with Gasteiger partial charge in [-0.15, -0.1) is 0 Å². The number of carbonyl (C=O) groups excluding carboxylic acids is 2. The van der Waals surface area contributed by atoms with Crippen molar-refractivity contribution in [2.75, 3.05) is 20.2 Å². The van der Waals surface area contributed by atoms with Gasteiger partial charge in [0, 0.05) is 13.1 Å². The summed E-state index contributed by atoms with van der Waals surface area (Å²) in [6.07, 6.45) is 1.97. The van der Waals surface area contributed by atoms with Crippen molar-refractivity contribution in [3.63, 3.8) is 0 Å². The molecule has 28 heavy (non-hydrogen) atoms. The number of halogens is 1. The van der Waals surface area contributed by atoms with E-state index in [-0.39, 0.29) is 24.2 Å². The van der Waals surface area contributed by atoms with Crippen LogP contribution in [0.25, 0.3) is 5.57 Å². The van der Waals surface area contributed by atoms with E-state index in [0.29, 0.717) is 22.6 Å². The number of methoxy groups -OCH3 is 1. The standard InChI is InChI=1S/C22H21FN2O3/c1-28-18-10-4-15(5-11-18)14-25-21(26)19(16-6-8-17(23)9-7-16)20(22(25)27)24-12-2-3-13-24/h4-11H,2-3,12-14H2,1H3. The maximum Gasteiger partial charge on any atom is 0.278 e. The summed E-state index contributed by atoms with van der Waals surface area (Å²) in [5.74, 6) is -0.291. The summed E-state index contributed by atoms with van der Waals surface area (Å²) >= 11 is 0. The normalized spacial score (nSPS) is 17.1. The molecule has 6 heteroatoms. The van der Waals surface area contributed by atoms with Crippen molar-refractivity contribution in [1.29, 1.82) is 0 Å². The molecule has 0 aromatic heterocycles. The van der Waals surface area contributed by atoms with Crippen LogP contribution in [-0.2, 0) is 16.1 Å². The van der Waals surface area contributed by atoms with Crippen molar-refractivity contribution < 1.29 is 18.7 Å². The van der Waals surface area contributed by atoms with E-state index in [1.54, 1.807) is 31.4 Å². The van der Waals surface area contributed by atoms with E-state index in [9.17, 15) is 14.0 Å². The lowest BCUT2D eigenvalue weighted by molar-refractivity contribution is -0.138. The van der Waals surface area contributed by atoms with Crippen molar-refractivity contribution in [1.82, 2.24) is 9.80 Å². The maximum atomic E-state index is 13.4. The molecular formula is C22H21FN2O3. The lowest BCUT2D eigenvalue weighted by atomic mass is 10.0. The van der Waals surface area contributed by atoms with Gasteiger partial charge in [0.25, 0.3) is 11.8 Å². The fourth-order valence-electron chi connectivity index (χ4n) is 3.73. The smallest absolute Gasteiger partial charge is 0.278 e. The van der Waals surface area contributed by atoms with Gasteiger partial charge < -0.3 is 9.64 Å². The first kappa shape index (κ1) is 18.2. The molecule has 0 N–H and O–H groups in total. The summed E-state index contributed by atoms with van der Waals surface area (Å²) in [7, 11) is 1.59. The lowest BCUT2D eigenvalue weighted by Crippen LogP contribution is -2.34. The maximum absolute atomic E-state index is 13.4. The minimum atomic E-state index is -0.376. The van der Waals surface area contributed by atoms with Crippen LogP contribution in [0.2, 0.25) is 0 Å². The minimum absolute atomic E-state index is 0.184. The van der Waals surface area contributed by atoms with E-state index in [4.69, 9.17) is 4.74 Å². The Bertz CT molecular complexity index is 929. The molecule has 0 spiro atoms. The third kappa shape index (κ3) is 3.26. The number of rotatable bonds is 5. The number of amides is 2. The summed E-state index contributed by atoms with van der Waals surface area (Å²) in [6.45, 7) is 1.68. The average Bonchev–Trinajstić information content (AvgIpc) is 3.32. The van der Waals surface area contributed by atoms with E-state index >= 15 is 0 Å². The Morgan fingerprint density at radius 2 is 1.57 bits per heavy atom. The molecule has 2 heterocycles. The Labute approximate surface area is 163 Å². The third-order valence-electron chi connectivity index (χ3n) is 5.20. The largest absolute Gasteiger partial charge is 0.497 e. The van der Waals surface area contributed by atoms with Crippen molar-refractivity contribution in [3.05, 3.63) is 71.2 Å². The van der Waals surface area contributed by atoms with Crippen LogP contribution in [0, 0.1) is 5.82 Å². The first-order valence-corrected chi connectivity index (χ1v) is 9.33. The number of likely N-dealkylation sites (tertiary alicyclic amines) is 1. The first-order valence-electron chi connectivity index (χ1n) is 9.33. The van der Waals surface area contributed by atoms with Crippen LogP contribution in [-0.4, -0.2) is 41.8 Å². The second-order valence-electron chi connectivity index (χ2n) is 6.97. The highest BCUT2D eigenvalue weighted by Gasteiger charge is 2.42. The predicted molar refractivity (Wildman–Crippen MR) is 103 cm³/mol. The Hall–Kier alpha value is -3.15. The van der Waals surface area contributed by atoms with Gasteiger partial charge in [0.2, 0.25) is 0 Å². The summed E-state index contributed by atoms with van der Waals surface area (Å²) in [4.78, 5) is 29.6. The zero-order valence-corrected chi connectivity index (χ0v) is 15.7. The van der Waals surface area contributed by atoms with Crippen molar-refractivity contribution in [3.8, 4) is 5.75 Å². The molecule has 0 saturated carbocycles. The molecule has 5 nitrogen and oxygen atoms in total. The van der Waals surface area contributed by atoms with E-state index in [2.05, 4.69) is 0 Å². The Morgan fingerprint density at radius 1 is 0.929 bits per heavy atom. The molecule has 0 unspecified atom stereocenters. The number of ether oxygens (including phenoxy) is 1. The van der Waals surface area contributed by atoms with Crippen LogP contribution in [0.1, 0.15) is 24.0 Å². The van der Waals surface area contributed by atoms with E-state index < -0.39 is 0 Å². The highest BCUT2D eigenvalue weighted by Crippen LogP contribution is 2.34. The molecule has 2 aromatic rings. The van der Waals surface area contributed by atoms with Crippen LogP contribution < -0.4 is 4.74 Å². The molecule has 2 aromatic carbocycles. The summed E-state index contributed by atoms with van der Waals surface area (Å²) < 4.78 is 18.5. The van der Waals surface area contributed by atoms with Gasteiger partial charge in [0.05, 0.1) is 19.2 Å². The van der Waals surface area contributed by atoms with Crippen LogP contribution >= 0.6 is 0 Å². The summed E-state index contributed by atoms with van der Waals surface area (Å²) in [6, 6.07) is 13.0. The van der Waals surface area contributed by atoms with Gasteiger partial charge in [0.15, 0.2) is 0 Å². The fourth-order valence-corrected chi connectivity index (χ4v) is 3.73. The van der Waals surface area contributed by atoms with Gasteiger partial charge in [-0.2, -0.15) is 0 Å². The molecule has 0 atom stereocenters. The molecule has 4 rings (SSSR count). The fraction of sp³-hybridized carbons (Fsp3) is 0.273. The number of hydrogen-bond acceptors (Lipinski definition) is 4. The molecule has 0 bridgehead atoms. The number of benzene rings is 2. The van der Waals surface area contributed by atoms with E-state index in [0.717, 1.165) is 31.5 Å². The Morgan fingerprint density at radius 3 is 2.18 bits per heavy atom. The molecule has 144 valence electrons. The van der Waals surface area contributed by atoms with Gasteiger partial charge >= 0.3 is 0 Å². The molecule has 2 aliphatic rings. The number of carbonyl (C=O) groups is 2. The molecule has 0 aliphatic carbocycles. The molecule has 1 saturated heterocycles. The lowest BCUT2D eigenvalue weighted by Gasteiger charge is -2.20. The minimum Gasteiger partial charge on any atom is -0.497 e. The van der Waals surface area contributed by atoms with Gasteiger partial charge in [-0.1, -0.05) is 24.3 Å². The highest BCUT2D eigenvalue weighted by molar-refractivity contribution is 6.35. The Balaban J connectivity index is 1.69. The first-order chi connectivity index (χ1) is 13.6. The van der Waals surface area contributed by atoms with Gasteiger partial charge in [0.1, 0.15) is 17.3 Å². The Kier molecular flexibility index (Phi) is 4.86. The summed E-state index contributed by atoms with van der Waals surface area (Å²) in [5.41, 5.74) is 2.20. The van der Waals surface area contributed by atoms with Crippen LogP contribution in [0.15, 0.2) is 54.2 Å². The van der Waals surface area contributed by atoms with Gasteiger partial charge in [-0.25, -0.2) is 4.39 Å². The molecule has 2 aliphatic heterocycles. The number of nitrogens with zero attached hydrogens (tertiary/aromatic N) is 2. The highest BCUT2D eigenvalue weighted by atomic mass is 19.1. The van der Waals surface area contributed by atoms with E-state index in [1.807, 2.05) is 17.0 Å². The SMILES string of the molecule is COc1ccc(CN2C(=O)C(c3ccc(F)cc3)=C(N3CCCC3)C2=O)cc1. The van der Waals surface area contributed by atoms with Gasteiger partial charge in [-0.05, 0) is 48.2 Å². The quantitative estimate of drug-likeness (QED) is 0.748. The number of hydrogen-bond donors (Lipinski definition) is 0. The van der Waals surface area contributed by atoms with Gasteiger partial charge in [-0.3, -0.25) is 14.5 Å². The second-order valence-corrected chi connectivity index (χ2v) is 6.97. The molecular weight excluding hydrogens is 359 g/mol. The van der Waals surface area contributed by atoms with Crippen molar-refractivity contribution >= 4 is 17.4 Å². The molecule has 0 radical (unpaired) electrons. The number of imide groups is 1. The second kappa shape index (κ2) is 7.46. The topological polar surface area (TPSA) is 49.9 Å². The third-order valence-corrected chi connectivity index (χ3v) is 5.20. The van der Waals surface area contributed by atoms with Crippen LogP contribution in [0.5, 0.6) is 5.75 Å².